The summed E-state index contributed by atoms with van der Waals surface area (Å²) in [4.78, 5) is 28.5. The molecular weight excluding hydrogens is 445 g/mol. The number of hydrogen-bond donors (Lipinski definition) is 2. The predicted molar refractivity (Wildman–Crippen MR) is 122 cm³/mol. The Bertz CT molecular complexity index is 1320. The van der Waals surface area contributed by atoms with Crippen LogP contribution in [0.4, 0.5) is 19.0 Å². The first-order chi connectivity index (χ1) is 16.3. The minimum Gasteiger partial charge on any atom is -0.369 e. The van der Waals surface area contributed by atoms with E-state index in [1.165, 1.54) is 12.4 Å². The van der Waals surface area contributed by atoms with Crippen LogP contribution in [0.1, 0.15) is 34.5 Å². The van der Waals surface area contributed by atoms with E-state index in [1.54, 1.807) is 25.4 Å². The number of carbonyl (C=O) groups excluding carboxylic acids is 1. The lowest BCUT2D eigenvalue weighted by molar-refractivity contribution is -0.141. The molecule has 2 N–H and O–H groups in total. The lowest BCUT2D eigenvalue weighted by atomic mass is 9.96. The molecule has 0 aliphatic heterocycles. The van der Waals surface area contributed by atoms with Crippen molar-refractivity contribution in [2.24, 2.45) is 0 Å². The standard InChI is InChI=1S/C24H21F3N6O/c1-14(16-4-3-5-17-18(23(34)28-2)8-9-29-22(16)17)11-31-21-10-19(32-13-33-21)15-6-7-20(30-12-15)24(25,26)27/h3-10,12-14H,11H2,1-2H3,(H,28,34)(H,31,32,33). The molecule has 174 valence electrons. The van der Waals surface area contributed by atoms with Crippen molar-refractivity contribution in [1.82, 2.24) is 25.3 Å². The first-order valence-electron chi connectivity index (χ1n) is 10.5. The van der Waals surface area contributed by atoms with Crippen molar-refractivity contribution >= 4 is 22.6 Å². The van der Waals surface area contributed by atoms with E-state index in [9.17, 15) is 18.0 Å². The molecule has 0 saturated heterocycles. The lowest BCUT2D eigenvalue weighted by Gasteiger charge is -2.16. The van der Waals surface area contributed by atoms with Gasteiger partial charge in [-0.1, -0.05) is 25.1 Å². The number of alkyl halides is 3. The number of pyridine rings is 2. The van der Waals surface area contributed by atoms with Gasteiger partial charge in [-0.15, -0.1) is 0 Å². The second-order valence-electron chi connectivity index (χ2n) is 7.68. The van der Waals surface area contributed by atoms with Crippen LogP contribution >= 0.6 is 0 Å². The molecule has 3 aromatic heterocycles. The summed E-state index contributed by atoms with van der Waals surface area (Å²) in [5, 5.41) is 6.66. The SMILES string of the molecule is CNC(=O)c1ccnc2c(C(C)CNc3cc(-c4ccc(C(F)(F)F)nc4)ncn3)cccc12. The average molecular weight is 466 g/mol. The fraction of sp³-hybridized carbons (Fsp3) is 0.208. The second kappa shape index (κ2) is 9.42. The first kappa shape index (κ1) is 23.1. The minimum atomic E-state index is -4.50. The molecule has 4 aromatic rings. The molecule has 7 nitrogen and oxygen atoms in total. The number of halogens is 3. The molecule has 34 heavy (non-hydrogen) atoms. The fourth-order valence-electron chi connectivity index (χ4n) is 3.62. The number of aromatic nitrogens is 4. The number of benzene rings is 1. The van der Waals surface area contributed by atoms with Crippen LogP contribution in [-0.4, -0.2) is 39.4 Å². The smallest absolute Gasteiger partial charge is 0.369 e. The molecule has 1 amide bonds. The predicted octanol–water partition coefficient (Wildman–Crippen LogP) is 4.68. The number of nitrogens with zero attached hydrogens (tertiary/aromatic N) is 4. The molecule has 0 radical (unpaired) electrons. The van der Waals surface area contributed by atoms with E-state index in [0.29, 0.717) is 29.2 Å². The van der Waals surface area contributed by atoms with Gasteiger partial charge >= 0.3 is 6.18 Å². The number of anilines is 1. The highest BCUT2D eigenvalue weighted by molar-refractivity contribution is 6.06. The number of fused-ring (bicyclic) bond motifs is 1. The molecule has 0 bridgehead atoms. The van der Waals surface area contributed by atoms with E-state index >= 15 is 0 Å². The molecular formula is C24H21F3N6O. The van der Waals surface area contributed by atoms with E-state index in [-0.39, 0.29) is 11.8 Å². The third-order valence-electron chi connectivity index (χ3n) is 5.41. The summed E-state index contributed by atoms with van der Waals surface area (Å²) in [6.45, 7) is 2.53. The van der Waals surface area contributed by atoms with Crippen molar-refractivity contribution < 1.29 is 18.0 Å². The molecule has 1 unspecified atom stereocenters. The number of hydrogen-bond acceptors (Lipinski definition) is 6. The number of rotatable bonds is 6. The summed E-state index contributed by atoms with van der Waals surface area (Å²) in [5.41, 5.74) is 2.22. The molecule has 1 atom stereocenters. The Morgan fingerprint density at radius 1 is 1.06 bits per heavy atom. The molecule has 0 aliphatic rings. The van der Waals surface area contributed by atoms with Crippen molar-refractivity contribution in [3.8, 4) is 11.3 Å². The maximum atomic E-state index is 12.8. The van der Waals surface area contributed by atoms with Crippen LogP contribution in [-0.2, 0) is 6.18 Å². The fourth-order valence-corrected chi connectivity index (χ4v) is 3.62. The average Bonchev–Trinajstić information content (AvgIpc) is 2.85. The molecule has 0 spiro atoms. The third kappa shape index (κ3) is 4.80. The number of carbonyl (C=O) groups is 1. The van der Waals surface area contributed by atoms with Gasteiger partial charge in [0, 0.05) is 48.9 Å². The molecule has 4 rings (SSSR count). The zero-order chi connectivity index (χ0) is 24.3. The van der Waals surface area contributed by atoms with Crippen molar-refractivity contribution in [3.05, 3.63) is 78.0 Å². The van der Waals surface area contributed by atoms with Crippen molar-refractivity contribution in [1.29, 1.82) is 0 Å². The molecule has 0 aliphatic carbocycles. The summed E-state index contributed by atoms with van der Waals surface area (Å²) >= 11 is 0. The Balaban J connectivity index is 1.52. The first-order valence-corrected chi connectivity index (χ1v) is 10.5. The van der Waals surface area contributed by atoms with Gasteiger partial charge in [-0.2, -0.15) is 13.2 Å². The van der Waals surface area contributed by atoms with E-state index in [1.807, 2.05) is 25.1 Å². The Hall–Kier alpha value is -4.08. The van der Waals surface area contributed by atoms with Gasteiger partial charge in [0.05, 0.1) is 16.8 Å². The van der Waals surface area contributed by atoms with E-state index in [0.717, 1.165) is 28.7 Å². The summed E-state index contributed by atoms with van der Waals surface area (Å²) in [7, 11) is 1.59. The summed E-state index contributed by atoms with van der Waals surface area (Å²) in [6.07, 6.45) is -0.394. The van der Waals surface area contributed by atoms with Crippen molar-refractivity contribution in [2.75, 3.05) is 18.9 Å². The van der Waals surface area contributed by atoms with E-state index < -0.39 is 11.9 Å². The van der Waals surface area contributed by atoms with Crippen LogP contribution < -0.4 is 10.6 Å². The largest absolute Gasteiger partial charge is 0.433 e. The van der Waals surface area contributed by atoms with E-state index in [4.69, 9.17) is 0 Å². The van der Waals surface area contributed by atoms with Crippen LogP contribution in [0.25, 0.3) is 22.2 Å². The van der Waals surface area contributed by atoms with Gasteiger partial charge in [-0.25, -0.2) is 9.97 Å². The van der Waals surface area contributed by atoms with Crippen LogP contribution in [0.3, 0.4) is 0 Å². The number of nitrogens with one attached hydrogen (secondary N) is 2. The van der Waals surface area contributed by atoms with Crippen LogP contribution in [0, 0.1) is 0 Å². The Kier molecular flexibility index (Phi) is 6.40. The summed E-state index contributed by atoms with van der Waals surface area (Å²) < 4.78 is 38.3. The van der Waals surface area contributed by atoms with Crippen molar-refractivity contribution in [3.63, 3.8) is 0 Å². The maximum Gasteiger partial charge on any atom is 0.433 e. The number of para-hydroxylation sites is 1. The zero-order valence-corrected chi connectivity index (χ0v) is 18.4. The molecule has 3 heterocycles. The second-order valence-corrected chi connectivity index (χ2v) is 7.68. The van der Waals surface area contributed by atoms with Gasteiger partial charge in [-0.05, 0) is 23.8 Å². The zero-order valence-electron chi connectivity index (χ0n) is 18.4. The highest BCUT2D eigenvalue weighted by atomic mass is 19.4. The van der Waals surface area contributed by atoms with Gasteiger partial charge in [0.25, 0.3) is 5.91 Å². The van der Waals surface area contributed by atoms with E-state index in [2.05, 4.69) is 30.6 Å². The summed E-state index contributed by atoms with van der Waals surface area (Å²) in [6, 6.07) is 11.3. The van der Waals surface area contributed by atoms with Gasteiger partial charge in [0.15, 0.2) is 0 Å². The molecule has 1 aromatic carbocycles. The molecule has 10 heteroatoms. The Labute approximate surface area is 193 Å². The van der Waals surface area contributed by atoms with Crippen LogP contribution in [0.5, 0.6) is 0 Å². The third-order valence-corrected chi connectivity index (χ3v) is 5.41. The topological polar surface area (TPSA) is 92.7 Å². The Morgan fingerprint density at radius 3 is 2.59 bits per heavy atom. The molecule has 0 fully saturated rings. The highest BCUT2D eigenvalue weighted by Crippen LogP contribution is 2.29. The Morgan fingerprint density at radius 2 is 1.88 bits per heavy atom. The number of amides is 1. The lowest BCUT2D eigenvalue weighted by Crippen LogP contribution is -2.18. The van der Waals surface area contributed by atoms with Gasteiger partial charge in [-0.3, -0.25) is 14.8 Å². The maximum absolute atomic E-state index is 12.8. The highest BCUT2D eigenvalue weighted by Gasteiger charge is 2.32. The van der Waals surface area contributed by atoms with Gasteiger partial charge < -0.3 is 10.6 Å². The van der Waals surface area contributed by atoms with Gasteiger partial charge in [0.1, 0.15) is 17.8 Å². The van der Waals surface area contributed by atoms with Gasteiger partial charge in [0.2, 0.25) is 0 Å². The van der Waals surface area contributed by atoms with Crippen LogP contribution in [0.2, 0.25) is 0 Å². The molecule has 0 saturated carbocycles. The normalized spacial score (nSPS) is 12.4. The minimum absolute atomic E-state index is 0.0160. The monoisotopic (exact) mass is 466 g/mol. The van der Waals surface area contributed by atoms with Crippen molar-refractivity contribution in [2.45, 2.75) is 19.0 Å². The van der Waals surface area contributed by atoms with Crippen LogP contribution in [0.15, 0.2) is 61.2 Å². The summed E-state index contributed by atoms with van der Waals surface area (Å²) in [5.74, 6) is 0.361. The quantitative estimate of drug-likeness (QED) is 0.429.